The summed E-state index contributed by atoms with van der Waals surface area (Å²) in [5.41, 5.74) is 9.84. The summed E-state index contributed by atoms with van der Waals surface area (Å²) in [5, 5.41) is 0.570. The Balaban J connectivity index is 2.03. The molecular formula is C23H20ClN5O2. The number of nitrogens with two attached hydrogens (primary N) is 1. The number of aromatic nitrogens is 3. The Labute approximate surface area is 183 Å². The van der Waals surface area contributed by atoms with Gasteiger partial charge in [0, 0.05) is 35.1 Å². The number of hydrogen-bond donors (Lipinski definition) is 1. The Bertz CT molecular complexity index is 1350. The molecule has 0 unspecified atom stereocenters. The first-order valence-corrected chi connectivity index (χ1v) is 10.0. The standard InChI is InChI=1S/C23H20ClN5O2/c1-3-31-21-13-27-20-11-18(14-4-9-19(25)15(10-14)12-26-2)23(30)29(22(20)28-21)17-7-5-16(24)6-8-17/h4-13H,3,25H2,1-2H3. The predicted octanol–water partition coefficient (Wildman–Crippen LogP) is 4.13. The minimum Gasteiger partial charge on any atom is -0.477 e. The normalized spacial score (nSPS) is 11.3. The molecular weight excluding hydrogens is 414 g/mol. The van der Waals surface area contributed by atoms with Crippen LogP contribution in [0.4, 0.5) is 5.69 Å². The Morgan fingerprint density at radius 2 is 1.97 bits per heavy atom. The van der Waals surface area contributed by atoms with Crippen molar-refractivity contribution < 1.29 is 4.74 Å². The fourth-order valence-corrected chi connectivity index (χ4v) is 3.43. The van der Waals surface area contributed by atoms with E-state index in [1.54, 1.807) is 61.9 Å². The molecule has 0 amide bonds. The van der Waals surface area contributed by atoms with Gasteiger partial charge in [0.25, 0.3) is 5.56 Å². The van der Waals surface area contributed by atoms with Gasteiger partial charge >= 0.3 is 0 Å². The number of benzene rings is 2. The molecule has 2 N–H and O–H groups in total. The lowest BCUT2D eigenvalue weighted by molar-refractivity contribution is 0.326. The number of pyridine rings is 1. The molecule has 0 aliphatic heterocycles. The van der Waals surface area contributed by atoms with Crippen molar-refractivity contribution in [1.82, 2.24) is 14.5 Å². The fraction of sp³-hybridized carbons (Fsp3) is 0.130. The highest BCUT2D eigenvalue weighted by Gasteiger charge is 2.16. The van der Waals surface area contributed by atoms with E-state index in [0.717, 1.165) is 5.56 Å². The van der Waals surface area contributed by atoms with E-state index < -0.39 is 0 Å². The third kappa shape index (κ3) is 4.00. The molecule has 0 atom stereocenters. The van der Waals surface area contributed by atoms with E-state index in [2.05, 4.69) is 15.0 Å². The Kier molecular flexibility index (Phi) is 5.68. The van der Waals surface area contributed by atoms with Crippen LogP contribution in [-0.4, -0.2) is 34.4 Å². The van der Waals surface area contributed by atoms with Crippen molar-refractivity contribution in [2.45, 2.75) is 6.92 Å². The molecule has 8 heteroatoms. The molecule has 2 aromatic carbocycles. The molecule has 7 nitrogen and oxygen atoms in total. The van der Waals surface area contributed by atoms with Crippen LogP contribution in [0.3, 0.4) is 0 Å². The smallest absolute Gasteiger partial charge is 0.264 e. The summed E-state index contributed by atoms with van der Waals surface area (Å²) in [5.74, 6) is 0.346. The molecule has 156 valence electrons. The zero-order valence-electron chi connectivity index (χ0n) is 17.0. The molecule has 0 aliphatic carbocycles. The molecule has 4 aromatic rings. The van der Waals surface area contributed by atoms with Gasteiger partial charge < -0.3 is 10.5 Å². The van der Waals surface area contributed by atoms with E-state index in [1.165, 1.54) is 4.57 Å². The van der Waals surface area contributed by atoms with E-state index in [0.29, 0.717) is 51.2 Å². The molecule has 0 saturated carbocycles. The molecule has 0 spiro atoms. The summed E-state index contributed by atoms with van der Waals surface area (Å²) in [4.78, 5) is 26.7. The quantitative estimate of drug-likeness (QED) is 0.377. The van der Waals surface area contributed by atoms with Crippen molar-refractivity contribution in [2.24, 2.45) is 4.99 Å². The van der Waals surface area contributed by atoms with Crippen molar-refractivity contribution in [3.05, 3.63) is 75.7 Å². The third-order valence-electron chi connectivity index (χ3n) is 4.73. The number of aliphatic imine (C=N–C) groups is 1. The topological polar surface area (TPSA) is 95.4 Å². The number of nitrogens with zero attached hydrogens (tertiary/aromatic N) is 4. The molecule has 0 saturated heterocycles. The summed E-state index contributed by atoms with van der Waals surface area (Å²) in [6.07, 6.45) is 3.20. The number of ether oxygens (including phenoxy) is 1. The summed E-state index contributed by atoms with van der Waals surface area (Å²) < 4.78 is 7.01. The summed E-state index contributed by atoms with van der Waals surface area (Å²) in [7, 11) is 1.67. The number of hydrogen-bond acceptors (Lipinski definition) is 6. The second kappa shape index (κ2) is 8.57. The molecule has 0 aliphatic rings. The number of anilines is 1. The van der Waals surface area contributed by atoms with E-state index in [4.69, 9.17) is 22.1 Å². The predicted molar refractivity (Wildman–Crippen MR) is 125 cm³/mol. The molecule has 4 rings (SSSR count). The monoisotopic (exact) mass is 433 g/mol. The van der Waals surface area contributed by atoms with E-state index >= 15 is 0 Å². The van der Waals surface area contributed by atoms with Gasteiger partial charge in [0.05, 0.1) is 18.5 Å². The number of nitrogen functional groups attached to an aromatic ring is 1. The molecule has 2 heterocycles. The minimum atomic E-state index is -0.248. The third-order valence-corrected chi connectivity index (χ3v) is 4.98. The van der Waals surface area contributed by atoms with E-state index in [1.807, 2.05) is 13.0 Å². The van der Waals surface area contributed by atoms with Crippen molar-refractivity contribution in [2.75, 3.05) is 19.4 Å². The zero-order valence-corrected chi connectivity index (χ0v) is 17.8. The van der Waals surface area contributed by atoms with Crippen LogP contribution >= 0.6 is 11.6 Å². The van der Waals surface area contributed by atoms with Gasteiger partial charge in [-0.3, -0.25) is 14.4 Å². The van der Waals surface area contributed by atoms with Crippen LogP contribution in [0.5, 0.6) is 5.88 Å². The van der Waals surface area contributed by atoms with Gasteiger partial charge in [0.1, 0.15) is 5.52 Å². The van der Waals surface area contributed by atoms with Gasteiger partial charge in [-0.05, 0) is 55.0 Å². The first-order chi connectivity index (χ1) is 15.0. The second-order valence-corrected chi connectivity index (χ2v) is 7.19. The molecule has 0 radical (unpaired) electrons. The molecule has 31 heavy (non-hydrogen) atoms. The van der Waals surface area contributed by atoms with Crippen LogP contribution in [0.2, 0.25) is 5.02 Å². The van der Waals surface area contributed by atoms with Crippen LogP contribution in [-0.2, 0) is 0 Å². The van der Waals surface area contributed by atoms with E-state index in [-0.39, 0.29) is 5.56 Å². The van der Waals surface area contributed by atoms with Crippen LogP contribution in [0.15, 0.2) is 64.5 Å². The van der Waals surface area contributed by atoms with Crippen molar-refractivity contribution >= 4 is 34.7 Å². The Morgan fingerprint density at radius 3 is 2.68 bits per heavy atom. The first-order valence-electron chi connectivity index (χ1n) is 9.65. The van der Waals surface area contributed by atoms with Crippen LogP contribution in [0.1, 0.15) is 12.5 Å². The van der Waals surface area contributed by atoms with Crippen LogP contribution < -0.4 is 16.0 Å². The average molecular weight is 434 g/mol. The lowest BCUT2D eigenvalue weighted by Crippen LogP contribution is -2.22. The van der Waals surface area contributed by atoms with Crippen LogP contribution in [0.25, 0.3) is 28.0 Å². The van der Waals surface area contributed by atoms with Gasteiger partial charge in [-0.15, -0.1) is 0 Å². The lowest BCUT2D eigenvalue weighted by atomic mass is 10.0. The van der Waals surface area contributed by atoms with E-state index in [9.17, 15) is 4.79 Å². The molecule has 2 aromatic heterocycles. The molecule has 0 fully saturated rings. The van der Waals surface area contributed by atoms with Crippen LogP contribution in [0, 0.1) is 0 Å². The number of fused-ring (bicyclic) bond motifs is 1. The zero-order chi connectivity index (χ0) is 22.0. The van der Waals surface area contributed by atoms with Crippen molar-refractivity contribution in [3.63, 3.8) is 0 Å². The second-order valence-electron chi connectivity index (χ2n) is 6.76. The van der Waals surface area contributed by atoms with Gasteiger partial charge in [-0.25, -0.2) is 4.98 Å². The number of halogens is 1. The SMILES string of the molecule is CCOc1cnc2cc(-c3ccc(N)c(C=NC)c3)c(=O)n(-c3ccc(Cl)cc3)c2n1. The van der Waals surface area contributed by atoms with Gasteiger partial charge in [-0.1, -0.05) is 17.7 Å². The average Bonchev–Trinajstić information content (AvgIpc) is 2.76. The van der Waals surface area contributed by atoms with Gasteiger partial charge in [0.15, 0.2) is 5.65 Å². The van der Waals surface area contributed by atoms with Crippen molar-refractivity contribution in [3.8, 4) is 22.7 Å². The highest BCUT2D eigenvalue weighted by molar-refractivity contribution is 6.30. The maximum Gasteiger partial charge on any atom is 0.264 e. The highest BCUT2D eigenvalue weighted by Crippen LogP contribution is 2.25. The highest BCUT2D eigenvalue weighted by atomic mass is 35.5. The maximum atomic E-state index is 13.6. The van der Waals surface area contributed by atoms with Gasteiger partial charge in [-0.2, -0.15) is 4.98 Å². The van der Waals surface area contributed by atoms with Gasteiger partial charge in [0.2, 0.25) is 5.88 Å². The summed E-state index contributed by atoms with van der Waals surface area (Å²) in [6.45, 7) is 2.30. The van der Waals surface area contributed by atoms with Crippen molar-refractivity contribution in [1.29, 1.82) is 0 Å². The number of rotatable bonds is 5. The summed E-state index contributed by atoms with van der Waals surface area (Å²) in [6, 6.07) is 14.1. The Morgan fingerprint density at radius 1 is 1.19 bits per heavy atom. The first kappa shape index (κ1) is 20.6. The fourth-order valence-electron chi connectivity index (χ4n) is 3.30. The maximum absolute atomic E-state index is 13.6. The molecule has 0 bridgehead atoms. The lowest BCUT2D eigenvalue weighted by Gasteiger charge is -2.14. The summed E-state index contributed by atoms with van der Waals surface area (Å²) >= 11 is 6.05. The minimum absolute atomic E-state index is 0.248. The Hall–Kier alpha value is -3.71. The largest absolute Gasteiger partial charge is 0.477 e.